The first-order chi connectivity index (χ1) is 19.0. The van der Waals surface area contributed by atoms with Crippen molar-refractivity contribution in [3.8, 4) is 12.1 Å². The molecule has 8 nitrogen and oxygen atoms in total. The van der Waals surface area contributed by atoms with E-state index in [9.17, 15) is 14.9 Å². The molecule has 2 atom stereocenters. The van der Waals surface area contributed by atoms with Crippen LogP contribution in [-0.4, -0.2) is 33.9 Å². The Labute approximate surface area is 238 Å². The molecule has 0 radical (unpaired) electrons. The van der Waals surface area contributed by atoms with E-state index >= 15 is 0 Å². The summed E-state index contributed by atoms with van der Waals surface area (Å²) >= 11 is 6.77. The molecule has 1 aliphatic carbocycles. The van der Waals surface area contributed by atoms with Gasteiger partial charge in [0, 0.05) is 23.3 Å². The molecule has 1 fully saturated rings. The average molecular weight is 555 g/mol. The lowest BCUT2D eigenvalue weighted by Gasteiger charge is -2.32. The van der Waals surface area contributed by atoms with Gasteiger partial charge in [-0.3, -0.25) is 4.98 Å². The Hall–Kier alpha value is -4.15. The highest BCUT2D eigenvalue weighted by molar-refractivity contribution is 6.36. The Morgan fingerprint density at radius 3 is 2.55 bits per heavy atom. The second-order valence-electron chi connectivity index (χ2n) is 11.5. The third kappa shape index (κ3) is 5.32. The second-order valence-corrected chi connectivity index (χ2v) is 11.9. The zero-order valence-electron chi connectivity index (χ0n) is 22.8. The summed E-state index contributed by atoms with van der Waals surface area (Å²) in [4.78, 5) is 4.47. The highest BCUT2D eigenvalue weighted by Crippen LogP contribution is 2.39. The summed E-state index contributed by atoms with van der Waals surface area (Å²) in [7, 11) is 1.96. The minimum atomic E-state index is -0.888. The van der Waals surface area contributed by atoms with Crippen molar-refractivity contribution in [1.82, 2.24) is 20.0 Å². The van der Waals surface area contributed by atoms with Gasteiger partial charge >= 0.3 is 0 Å². The van der Waals surface area contributed by atoms with E-state index in [1.165, 1.54) is 18.3 Å². The molecule has 40 heavy (non-hydrogen) atoms. The lowest BCUT2D eigenvalue weighted by molar-refractivity contribution is 0.344. The quantitative estimate of drug-likeness (QED) is 0.276. The number of benzene rings is 2. The van der Waals surface area contributed by atoms with Gasteiger partial charge in [0.05, 0.1) is 52.0 Å². The van der Waals surface area contributed by atoms with E-state index in [1.807, 2.05) is 45.6 Å². The Balaban J connectivity index is 1.64. The summed E-state index contributed by atoms with van der Waals surface area (Å²) in [5, 5.41) is 36.3. The third-order valence-corrected chi connectivity index (χ3v) is 7.75. The van der Waals surface area contributed by atoms with Crippen LogP contribution in [0.1, 0.15) is 62.9 Å². The average Bonchev–Trinajstić information content (AvgIpc) is 3.64. The minimum Gasteiger partial charge on any atom is -0.379 e. The van der Waals surface area contributed by atoms with Crippen LogP contribution in [0, 0.1) is 33.9 Å². The molecule has 4 aromatic rings. The zero-order chi connectivity index (χ0) is 28.7. The smallest absolute Gasteiger partial charge is 0.148 e. The van der Waals surface area contributed by atoms with Crippen molar-refractivity contribution in [3.05, 3.63) is 76.5 Å². The topological polar surface area (TPSA) is 115 Å². The van der Waals surface area contributed by atoms with Crippen LogP contribution in [0.25, 0.3) is 10.9 Å². The molecule has 2 aromatic carbocycles. The maximum atomic E-state index is 13.9. The van der Waals surface area contributed by atoms with E-state index in [0.717, 1.165) is 18.4 Å². The number of halogens is 2. The Bertz CT molecular complexity index is 1650. The first kappa shape index (κ1) is 27.4. The van der Waals surface area contributed by atoms with Gasteiger partial charge in [-0.05, 0) is 48.1 Å². The number of anilines is 2. The van der Waals surface area contributed by atoms with Crippen LogP contribution in [0.15, 0.2) is 48.8 Å². The monoisotopic (exact) mass is 554 g/mol. The van der Waals surface area contributed by atoms with Crippen molar-refractivity contribution in [2.24, 2.45) is 5.41 Å². The van der Waals surface area contributed by atoms with Crippen molar-refractivity contribution in [2.45, 2.75) is 57.6 Å². The Morgan fingerprint density at radius 1 is 1.20 bits per heavy atom. The standard InChI is InChI=1S/C29H29BClFN8/c1-28(2,3)24(10-11-33)36-26-17(14-34)15-35-27-22(26)12-20(13-23(27)31)37-29(30,18-4-6-19(32)7-5-18)25-16-40(39-38-25)21-8-9-21/h4-7,12-13,15-16,21,24,37H,8-10,30H2,1-3H3,(H,35,36)/t24-,29?/m1/s1. The molecule has 1 saturated carbocycles. The molecule has 0 bridgehead atoms. The fourth-order valence-corrected chi connectivity index (χ4v) is 5.06. The molecule has 202 valence electrons. The first-order valence-electron chi connectivity index (χ1n) is 13.2. The first-order valence-corrected chi connectivity index (χ1v) is 13.5. The van der Waals surface area contributed by atoms with Gasteiger partial charge in [-0.1, -0.05) is 49.7 Å². The van der Waals surface area contributed by atoms with Crippen molar-refractivity contribution in [2.75, 3.05) is 10.6 Å². The molecule has 2 aromatic heterocycles. The van der Waals surface area contributed by atoms with Gasteiger partial charge in [0.2, 0.25) is 0 Å². The maximum absolute atomic E-state index is 13.9. The van der Waals surface area contributed by atoms with Crippen LogP contribution in [0.5, 0.6) is 0 Å². The van der Waals surface area contributed by atoms with E-state index in [-0.39, 0.29) is 23.7 Å². The molecular weight excluding hydrogens is 526 g/mol. The summed E-state index contributed by atoms with van der Waals surface area (Å²) in [5.74, 6) is -0.335. The predicted molar refractivity (Wildman–Crippen MR) is 156 cm³/mol. The van der Waals surface area contributed by atoms with Gasteiger partial charge in [0.1, 0.15) is 25.4 Å². The number of nitrogens with zero attached hydrogens (tertiary/aromatic N) is 6. The van der Waals surface area contributed by atoms with Gasteiger partial charge in [-0.15, -0.1) is 5.10 Å². The van der Waals surface area contributed by atoms with Gasteiger partial charge in [-0.2, -0.15) is 10.5 Å². The molecule has 11 heteroatoms. The number of hydrogen-bond acceptors (Lipinski definition) is 7. The van der Waals surface area contributed by atoms with Crippen LogP contribution in [0.3, 0.4) is 0 Å². The van der Waals surface area contributed by atoms with Crippen molar-refractivity contribution in [1.29, 1.82) is 10.5 Å². The van der Waals surface area contributed by atoms with Gasteiger partial charge in [0.25, 0.3) is 0 Å². The highest BCUT2D eigenvalue weighted by atomic mass is 35.5. The number of pyridine rings is 1. The predicted octanol–water partition coefficient (Wildman–Crippen LogP) is 5.51. The van der Waals surface area contributed by atoms with E-state index in [2.05, 4.69) is 38.1 Å². The molecule has 2 heterocycles. The summed E-state index contributed by atoms with van der Waals surface area (Å²) in [6.45, 7) is 6.13. The lowest BCUT2D eigenvalue weighted by atomic mass is 9.69. The van der Waals surface area contributed by atoms with Gasteiger partial charge in [-0.25, -0.2) is 9.07 Å². The minimum absolute atomic E-state index is 0.229. The summed E-state index contributed by atoms with van der Waals surface area (Å²) in [5.41, 5.74) is 2.41. The second kappa shape index (κ2) is 10.4. The highest BCUT2D eigenvalue weighted by Gasteiger charge is 2.35. The third-order valence-electron chi connectivity index (χ3n) is 7.46. The Morgan fingerprint density at radius 2 is 1.93 bits per heavy atom. The zero-order valence-corrected chi connectivity index (χ0v) is 23.6. The Kier molecular flexibility index (Phi) is 7.16. The summed E-state index contributed by atoms with van der Waals surface area (Å²) in [6.07, 6.45) is 5.80. The fourth-order valence-electron chi connectivity index (χ4n) is 4.79. The number of nitriles is 2. The molecule has 0 spiro atoms. The van der Waals surface area contributed by atoms with Crippen molar-refractivity contribution >= 4 is 41.7 Å². The van der Waals surface area contributed by atoms with E-state index in [4.69, 9.17) is 11.6 Å². The largest absolute Gasteiger partial charge is 0.379 e. The molecule has 0 aliphatic heterocycles. The number of nitrogens with one attached hydrogen (secondary N) is 2. The SMILES string of the molecule is BC(Nc1cc(Cl)c2ncc(C#N)c(N[C@H](CC#N)C(C)(C)C)c2c1)(c1ccc(F)cc1)c1cn(C2CC2)nn1. The number of rotatable bonds is 8. The van der Waals surface area contributed by atoms with E-state index in [0.29, 0.717) is 44.6 Å². The molecule has 5 rings (SSSR count). The van der Waals surface area contributed by atoms with Crippen LogP contribution < -0.4 is 10.6 Å². The summed E-state index contributed by atoms with van der Waals surface area (Å²) in [6, 6.07) is 14.5. The van der Waals surface area contributed by atoms with Gasteiger partial charge in [0.15, 0.2) is 0 Å². The molecule has 0 amide bonds. The lowest BCUT2D eigenvalue weighted by Crippen LogP contribution is -2.38. The normalized spacial score (nSPS) is 15.6. The van der Waals surface area contributed by atoms with Crippen LogP contribution in [-0.2, 0) is 5.44 Å². The molecule has 1 aliphatic rings. The van der Waals surface area contributed by atoms with Crippen LogP contribution in [0.2, 0.25) is 5.02 Å². The molecule has 1 unspecified atom stereocenters. The number of hydrogen-bond donors (Lipinski definition) is 2. The summed E-state index contributed by atoms with van der Waals surface area (Å²) < 4.78 is 15.8. The molecular formula is C29H29BClFN8. The van der Waals surface area contributed by atoms with E-state index < -0.39 is 5.44 Å². The van der Waals surface area contributed by atoms with Gasteiger partial charge < -0.3 is 10.6 Å². The van der Waals surface area contributed by atoms with Crippen molar-refractivity contribution in [3.63, 3.8) is 0 Å². The van der Waals surface area contributed by atoms with Crippen molar-refractivity contribution < 1.29 is 4.39 Å². The van der Waals surface area contributed by atoms with E-state index in [1.54, 1.807) is 18.2 Å². The maximum Gasteiger partial charge on any atom is 0.148 e. The number of aromatic nitrogens is 4. The number of fused-ring (bicyclic) bond motifs is 1. The molecule has 2 N–H and O–H groups in total. The fraction of sp³-hybridized carbons (Fsp3) is 0.345. The molecule has 0 saturated heterocycles. The van der Waals surface area contributed by atoms with Crippen LogP contribution in [0.4, 0.5) is 15.8 Å². The van der Waals surface area contributed by atoms with Crippen LogP contribution >= 0.6 is 11.6 Å².